The minimum absolute atomic E-state index is 0.0871. The molecular weight excluding hydrogens is 369 g/mol. The van der Waals surface area contributed by atoms with E-state index in [9.17, 15) is 27.6 Å². The molecular formula is C18H17F3O6. The number of esters is 3. The highest BCUT2D eigenvalue weighted by Gasteiger charge is 2.36. The largest absolute Gasteiger partial charge is 0.459 e. The Morgan fingerprint density at radius 3 is 2.04 bits per heavy atom. The molecule has 0 aromatic heterocycles. The first-order chi connectivity index (χ1) is 12.4. The predicted octanol–water partition coefficient (Wildman–Crippen LogP) is 3.46. The standard InChI is InChI=1S/C18H17F3O6/c1-10(2)15(22)25-7-8-26-17(24)12-5-6-14(27-16(23)11(3)4)13(9-12)18(19,20)21/h5-6,9H,1,3,7-8H2,2,4H3. The summed E-state index contributed by atoms with van der Waals surface area (Å²) in [5, 5.41) is 0. The SMILES string of the molecule is C=C(C)C(=O)OCCOC(=O)c1ccc(OC(=O)C(=C)C)c(C(F)(F)F)c1. The minimum atomic E-state index is -4.88. The van der Waals surface area contributed by atoms with Gasteiger partial charge in [0, 0.05) is 11.1 Å². The lowest BCUT2D eigenvalue weighted by Crippen LogP contribution is -2.17. The molecule has 0 aliphatic carbocycles. The molecule has 1 rings (SSSR count). The van der Waals surface area contributed by atoms with Gasteiger partial charge in [-0.05, 0) is 32.0 Å². The third-order valence-electron chi connectivity index (χ3n) is 2.97. The number of carbonyl (C=O) groups excluding carboxylic acids is 3. The zero-order chi connectivity index (χ0) is 20.8. The zero-order valence-corrected chi connectivity index (χ0v) is 14.6. The lowest BCUT2D eigenvalue weighted by atomic mass is 10.1. The van der Waals surface area contributed by atoms with Gasteiger partial charge in [0.05, 0.1) is 11.1 Å². The monoisotopic (exact) mass is 386 g/mol. The van der Waals surface area contributed by atoms with Crippen LogP contribution in [0.4, 0.5) is 13.2 Å². The van der Waals surface area contributed by atoms with Crippen LogP contribution < -0.4 is 4.74 Å². The Labute approximate surface area is 153 Å². The highest BCUT2D eigenvalue weighted by Crippen LogP contribution is 2.37. The summed E-state index contributed by atoms with van der Waals surface area (Å²) in [5.74, 6) is -3.55. The quantitative estimate of drug-likeness (QED) is 0.309. The summed E-state index contributed by atoms with van der Waals surface area (Å²) >= 11 is 0. The third-order valence-corrected chi connectivity index (χ3v) is 2.97. The number of ether oxygens (including phenoxy) is 3. The van der Waals surface area contributed by atoms with Crippen LogP contribution in [-0.2, 0) is 25.2 Å². The number of hydrogen-bond donors (Lipinski definition) is 0. The molecule has 0 aliphatic rings. The maximum atomic E-state index is 13.2. The van der Waals surface area contributed by atoms with E-state index in [2.05, 4.69) is 17.9 Å². The van der Waals surface area contributed by atoms with Crippen molar-refractivity contribution in [1.82, 2.24) is 0 Å². The summed E-state index contributed by atoms with van der Waals surface area (Å²) in [7, 11) is 0. The van der Waals surface area contributed by atoms with Crippen LogP contribution in [0.2, 0.25) is 0 Å². The molecule has 1 aromatic carbocycles. The van der Waals surface area contributed by atoms with Crippen molar-refractivity contribution in [3.63, 3.8) is 0 Å². The van der Waals surface area contributed by atoms with Crippen LogP contribution in [0.5, 0.6) is 5.75 Å². The van der Waals surface area contributed by atoms with Crippen molar-refractivity contribution in [1.29, 1.82) is 0 Å². The molecule has 9 heteroatoms. The Kier molecular flexibility index (Phi) is 7.33. The van der Waals surface area contributed by atoms with Gasteiger partial charge in [0.25, 0.3) is 0 Å². The number of alkyl halides is 3. The summed E-state index contributed by atoms with van der Waals surface area (Å²) in [5.41, 5.74) is -1.67. The van der Waals surface area contributed by atoms with E-state index < -0.39 is 41.0 Å². The van der Waals surface area contributed by atoms with E-state index in [1.807, 2.05) is 0 Å². The van der Waals surface area contributed by atoms with Crippen molar-refractivity contribution < 1.29 is 41.8 Å². The van der Waals surface area contributed by atoms with Crippen LogP contribution in [0.1, 0.15) is 29.8 Å². The third kappa shape index (κ3) is 6.61. The highest BCUT2D eigenvalue weighted by atomic mass is 19.4. The number of halogens is 3. The van der Waals surface area contributed by atoms with E-state index in [0.717, 1.165) is 12.1 Å². The molecule has 0 heterocycles. The van der Waals surface area contributed by atoms with E-state index in [1.165, 1.54) is 13.8 Å². The minimum Gasteiger partial charge on any atom is -0.459 e. The summed E-state index contributed by atoms with van der Waals surface area (Å²) < 4.78 is 53.6. The van der Waals surface area contributed by atoms with E-state index >= 15 is 0 Å². The molecule has 6 nitrogen and oxygen atoms in total. The summed E-state index contributed by atoms with van der Waals surface area (Å²) in [6.07, 6.45) is -4.88. The van der Waals surface area contributed by atoms with Gasteiger partial charge >= 0.3 is 24.1 Å². The van der Waals surface area contributed by atoms with Crippen LogP contribution >= 0.6 is 0 Å². The van der Waals surface area contributed by atoms with Crippen molar-refractivity contribution in [2.24, 2.45) is 0 Å². The smallest absolute Gasteiger partial charge is 0.420 e. The Morgan fingerprint density at radius 1 is 0.963 bits per heavy atom. The molecule has 0 atom stereocenters. The fraction of sp³-hybridized carbons (Fsp3) is 0.278. The molecule has 0 amide bonds. The van der Waals surface area contributed by atoms with Gasteiger partial charge in [0.15, 0.2) is 0 Å². The van der Waals surface area contributed by atoms with E-state index in [-0.39, 0.29) is 24.4 Å². The fourth-order valence-electron chi connectivity index (χ4n) is 1.63. The van der Waals surface area contributed by atoms with Gasteiger partial charge in [-0.2, -0.15) is 13.2 Å². The van der Waals surface area contributed by atoms with Gasteiger partial charge in [-0.15, -0.1) is 0 Å². The molecule has 146 valence electrons. The Morgan fingerprint density at radius 2 is 1.52 bits per heavy atom. The summed E-state index contributed by atoms with van der Waals surface area (Å²) in [6, 6.07) is 2.35. The van der Waals surface area contributed by atoms with Crippen LogP contribution in [0.3, 0.4) is 0 Å². The number of rotatable bonds is 7. The predicted molar refractivity (Wildman–Crippen MR) is 87.9 cm³/mol. The van der Waals surface area contributed by atoms with Gasteiger partial charge in [0.2, 0.25) is 0 Å². The van der Waals surface area contributed by atoms with Crippen molar-refractivity contribution in [2.45, 2.75) is 20.0 Å². The highest BCUT2D eigenvalue weighted by molar-refractivity contribution is 5.91. The maximum Gasteiger partial charge on any atom is 0.420 e. The lowest BCUT2D eigenvalue weighted by molar-refractivity contribution is -0.142. The van der Waals surface area contributed by atoms with Gasteiger partial charge in [0.1, 0.15) is 19.0 Å². The molecule has 0 aliphatic heterocycles. The second-order valence-electron chi connectivity index (χ2n) is 5.43. The van der Waals surface area contributed by atoms with Crippen LogP contribution in [0.15, 0.2) is 42.5 Å². The fourth-order valence-corrected chi connectivity index (χ4v) is 1.63. The molecule has 0 spiro atoms. The molecule has 0 radical (unpaired) electrons. The van der Waals surface area contributed by atoms with Gasteiger partial charge in [-0.1, -0.05) is 13.2 Å². The van der Waals surface area contributed by atoms with Gasteiger partial charge in [-0.25, -0.2) is 14.4 Å². The first kappa shape index (κ1) is 21.9. The number of carbonyl (C=O) groups is 3. The molecule has 27 heavy (non-hydrogen) atoms. The van der Waals surface area contributed by atoms with Crippen molar-refractivity contribution in [3.8, 4) is 5.75 Å². The molecule has 0 fully saturated rings. The van der Waals surface area contributed by atoms with Crippen LogP contribution in [0.25, 0.3) is 0 Å². The number of hydrogen-bond acceptors (Lipinski definition) is 6. The molecule has 0 saturated carbocycles. The van der Waals surface area contributed by atoms with E-state index in [0.29, 0.717) is 6.07 Å². The first-order valence-electron chi connectivity index (χ1n) is 7.52. The molecule has 0 saturated heterocycles. The lowest BCUT2D eigenvalue weighted by Gasteiger charge is -2.14. The normalized spacial score (nSPS) is 10.7. The summed E-state index contributed by atoms with van der Waals surface area (Å²) in [4.78, 5) is 34.5. The van der Waals surface area contributed by atoms with Crippen LogP contribution in [0, 0.1) is 0 Å². The maximum absolute atomic E-state index is 13.2. The summed E-state index contributed by atoms with van der Waals surface area (Å²) in [6.45, 7) is 8.71. The molecule has 0 unspecified atom stereocenters. The second-order valence-corrected chi connectivity index (χ2v) is 5.43. The second kappa shape index (κ2) is 9.02. The van der Waals surface area contributed by atoms with Crippen molar-refractivity contribution in [2.75, 3.05) is 13.2 Å². The van der Waals surface area contributed by atoms with Crippen molar-refractivity contribution in [3.05, 3.63) is 53.6 Å². The first-order valence-corrected chi connectivity index (χ1v) is 7.52. The van der Waals surface area contributed by atoms with E-state index in [1.54, 1.807) is 0 Å². The average molecular weight is 386 g/mol. The van der Waals surface area contributed by atoms with Crippen molar-refractivity contribution >= 4 is 17.9 Å². The van der Waals surface area contributed by atoms with Gasteiger partial charge in [-0.3, -0.25) is 0 Å². The molecule has 0 bridgehead atoms. The van der Waals surface area contributed by atoms with Gasteiger partial charge < -0.3 is 14.2 Å². The number of benzene rings is 1. The topological polar surface area (TPSA) is 78.9 Å². The molecule has 0 N–H and O–H groups in total. The zero-order valence-electron chi connectivity index (χ0n) is 14.6. The van der Waals surface area contributed by atoms with Crippen LogP contribution in [-0.4, -0.2) is 31.1 Å². The molecule has 1 aromatic rings. The van der Waals surface area contributed by atoms with E-state index in [4.69, 9.17) is 9.47 Å². The Balaban J connectivity index is 2.88. The average Bonchev–Trinajstić information content (AvgIpc) is 2.57. The Hall–Kier alpha value is -3.10. The Bertz CT molecular complexity index is 780.